The zero-order valence-corrected chi connectivity index (χ0v) is 25.4. The molecule has 1 heterocycles. The van der Waals surface area contributed by atoms with Gasteiger partial charge < -0.3 is 14.8 Å². The molecule has 222 valence electrons. The van der Waals surface area contributed by atoms with Crippen molar-refractivity contribution in [3.8, 4) is 11.5 Å². The van der Waals surface area contributed by atoms with E-state index in [4.69, 9.17) is 9.47 Å². The molecule has 2 amide bonds. The third-order valence-electron chi connectivity index (χ3n) is 6.69. The number of aromatic nitrogens is 1. The van der Waals surface area contributed by atoms with Crippen molar-refractivity contribution >= 4 is 23.5 Å². The Kier molecular flexibility index (Phi) is 11.4. The molecule has 0 aliphatic heterocycles. The van der Waals surface area contributed by atoms with Crippen LogP contribution in [0, 0.1) is 0 Å². The van der Waals surface area contributed by atoms with Gasteiger partial charge >= 0.3 is 5.97 Å². The molecule has 9 nitrogen and oxygen atoms in total. The zero-order chi connectivity index (χ0) is 30.8. The molecule has 3 rings (SSSR count). The molecule has 0 spiro atoms. The minimum atomic E-state index is -0.985. The summed E-state index contributed by atoms with van der Waals surface area (Å²) in [6.07, 6.45) is 2.10. The second-order valence-corrected chi connectivity index (χ2v) is 10.6. The molecule has 0 aliphatic rings. The number of hydrogen-bond donors (Lipinski definition) is 2. The molecule has 1 aromatic heterocycles. The van der Waals surface area contributed by atoms with Gasteiger partial charge in [0.2, 0.25) is 5.75 Å². The summed E-state index contributed by atoms with van der Waals surface area (Å²) < 4.78 is 10.6. The molecule has 0 radical (unpaired) electrons. The van der Waals surface area contributed by atoms with Gasteiger partial charge in [-0.15, -0.1) is 0 Å². The van der Waals surface area contributed by atoms with Gasteiger partial charge in [-0.05, 0) is 36.3 Å². The number of carbonyl (C=O) groups excluding carboxylic acids is 3. The summed E-state index contributed by atoms with van der Waals surface area (Å²) in [6, 6.07) is 16.6. The first-order valence-corrected chi connectivity index (χ1v) is 14.2. The summed E-state index contributed by atoms with van der Waals surface area (Å²) >= 11 is 0. The van der Waals surface area contributed by atoms with Crippen molar-refractivity contribution in [2.24, 2.45) is 5.10 Å². The smallest absolute Gasteiger partial charge is 0.311 e. The Morgan fingerprint density at radius 3 is 1.88 bits per heavy atom. The molecule has 0 aliphatic carbocycles. The monoisotopic (exact) mass is 572 g/mol. The number of hydrogen-bond acceptors (Lipinski definition) is 7. The number of esters is 1. The molecule has 1 atom stereocenters. The summed E-state index contributed by atoms with van der Waals surface area (Å²) in [7, 11) is 1.40. The third-order valence-corrected chi connectivity index (χ3v) is 6.69. The van der Waals surface area contributed by atoms with Gasteiger partial charge in [0, 0.05) is 29.8 Å². The van der Waals surface area contributed by atoms with Crippen molar-refractivity contribution in [3.63, 3.8) is 0 Å². The van der Waals surface area contributed by atoms with Gasteiger partial charge in [-0.1, -0.05) is 83.1 Å². The van der Waals surface area contributed by atoms with Crippen LogP contribution in [0.2, 0.25) is 0 Å². The number of hydrazone groups is 1. The van der Waals surface area contributed by atoms with Gasteiger partial charge in [-0.2, -0.15) is 5.10 Å². The number of methoxy groups -OCH3 is 1. The molecular weight excluding hydrogens is 532 g/mol. The molecule has 9 heteroatoms. The van der Waals surface area contributed by atoms with Crippen molar-refractivity contribution in [2.75, 3.05) is 7.11 Å². The fourth-order valence-electron chi connectivity index (χ4n) is 4.11. The second kappa shape index (κ2) is 14.9. The van der Waals surface area contributed by atoms with Crippen LogP contribution in [0.5, 0.6) is 11.5 Å². The highest BCUT2D eigenvalue weighted by molar-refractivity contribution is 6.13. The van der Waals surface area contributed by atoms with E-state index in [0.29, 0.717) is 24.0 Å². The number of nitrogens with one attached hydrogen (secondary N) is 2. The Morgan fingerprint density at radius 1 is 0.857 bits per heavy atom. The van der Waals surface area contributed by atoms with Crippen LogP contribution in [0.3, 0.4) is 0 Å². The molecule has 3 aromatic rings. The number of carbonyl (C=O) groups is 3. The molecule has 2 N–H and O–H groups in total. The SMILES string of the molecule is CCCC(=O)Oc1c(OC)ccnc1C(=O)N[C@@H](C)C(=O)NN=C(c1ccc(C(C)C)cc1)c1ccc(C(C)C)cc1. The largest absolute Gasteiger partial charge is 0.493 e. The summed E-state index contributed by atoms with van der Waals surface area (Å²) in [4.78, 5) is 42.4. The molecule has 0 bridgehead atoms. The van der Waals surface area contributed by atoms with Gasteiger partial charge in [0.15, 0.2) is 11.4 Å². The third kappa shape index (κ3) is 8.25. The van der Waals surface area contributed by atoms with E-state index >= 15 is 0 Å². The van der Waals surface area contributed by atoms with Crippen LogP contribution in [0.4, 0.5) is 0 Å². The van der Waals surface area contributed by atoms with Crippen LogP contribution in [0.1, 0.15) is 99.0 Å². The number of benzene rings is 2. The Hall–Kier alpha value is -4.53. The van der Waals surface area contributed by atoms with Crippen LogP contribution in [-0.2, 0) is 9.59 Å². The minimum absolute atomic E-state index is 0.0986. The lowest BCUT2D eigenvalue weighted by atomic mass is 9.95. The lowest BCUT2D eigenvalue weighted by molar-refractivity contribution is -0.134. The maximum Gasteiger partial charge on any atom is 0.311 e. The van der Waals surface area contributed by atoms with Gasteiger partial charge in [0.1, 0.15) is 6.04 Å². The number of amides is 2. The summed E-state index contributed by atoms with van der Waals surface area (Å²) in [5, 5.41) is 7.09. The van der Waals surface area contributed by atoms with Crippen LogP contribution < -0.4 is 20.2 Å². The number of rotatable bonds is 12. The van der Waals surface area contributed by atoms with E-state index in [0.717, 1.165) is 11.1 Å². The van der Waals surface area contributed by atoms with Gasteiger partial charge in [0.05, 0.1) is 12.8 Å². The Morgan fingerprint density at radius 2 is 1.40 bits per heavy atom. The van der Waals surface area contributed by atoms with E-state index < -0.39 is 23.8 Å². The zero-order valence-electron chi connectivity index (χ0n) is 25.4. The fourth-order valence-corrected chi connectivity index (χ4v) is 4.11. The van der Waals surface area contributed by atoms with E-state index in [1.54, 1.807) is 0 Å². The highest BCUT2D eigenvalue weighted by Gasteiger charge is 2.24. The summed E-state index contributed by atoms with van der Waals surface area (Å²) in [5.74, 6) is -0.920. The van der Waals surface area contributed by atoms with Crippen LogP contribution in [0.15, 0.2) is 65.9 Å². The van der Waals surface area contributed by atoms with Crippen molar-refractivity contribution in [2.45, 2.75) is 72.3 Å². The predicted molar refractivity (Wildman–Crippen MR) is 163 cm³/mol. The van der Waals surface area contributed by atoms with Gasteiger partial charge in [0.25, 0.3) is 11.8 Å². The molecule has 0 saturated carbocycles. The molecule has 2 aromatic carbocycles. The standard InChI is InChI=1S/C33H40N4O5/c1-8-9-28(38)42-31-27(41-7)18-19-34-30(31)33(40)35-22(6)32(39)37-36-29(25-14-10-23(11-15-25)20(2)3)26-16-12-24(13-17-26)21(4)5/h10-22H,8-9H2,1-7H3,(H,35,40)(H,37,39)/t22-/m0/s1. The topological polar surface area (TPSA) is 119 Å². The maximum absolute atomic E-state index is 13.1. The number of pyridine rings is 1. The van der Waals surface area contributed by atoms with Crippen molar-refractivity contribution in [1.29, 1.82) is 0 Å². The van der Waals surface area contributed by atoms with E-state index in [1.807, 2.05) is 31.2 Å². The van der Waals surface area contributed by atoms with Crippen molar-refractivity contribution in [3.05, 3.63) is 88.7 Å². The van der Waals surface area contributed by atoms with E-state index in [9.17, 15) is 14.4 Å². The average Bonchev–Trinajstić information content (AvgIpc) is 2.97. The van der Waals surface area contributed by atoms with Crippen molar-refractivity contribution < 1.29 is 23.9 Å². The normalized spacial score (nSPS) is 11.5. The highest BCUT2D eigenvalue weighted by atomic mass is 16.6. The van der Waals surface area contributed by atoms with E-state index in [-0.39, 0.29) is 23.6 Å². The quantitative estimate of drug-likeness (QED) is 0.163. The van der Waals surface area contributed by atoms with Crippen molar-refractivity contribution in [1.82, 2.24) is 15.7 Å². The summed E-state index contributed by atoms with van der Waals surface area (Å²) in [5.41, 5.74) is 7.09. The molecule has 0 fully saturated rings. The highest BCUT2D eigenvalue weighted by Crippen LogP contribution is 2.30. The Labute approximate surface area is 247 Å². The van der Waals surface area contributed by atoms with Gasteiger partial charge in [-0.25, -0.2) is 10.4 Å². The molecule has 42 heavy (non-hydrogen) atoms. The Bertz CT molecular complexity index is 1360. The minimum Gasteiger partial charge on any atom is -0.493 e. The first kappa shape index (κ1) is 32.0. The first-order chi connectivity index (χ1) is 20.0. The molecule has 0 saturated heterocycles. The van der Waals surface area contributed by atoms with Crippen LogP contribution in [-0.4, -0.2) is 41.6 Å². The van der Waals surface area contributed by atoms with Crippen LogP contribution in [0.25, 0.3) is 0 Å². The van der Waals surface area contributed by atoms with Gasteiger partial charge in [-0.3, -0.25) is 14.4 Å². The first-order valence-electron chi connectivity index (χ1n) is 14.2. The Balaban J connectivity index is 1.83. The lowest BCUT2D eigenvalue weighted by Crippen LogP contribution is -2.44. The lowest BCUT2D eigenvalue weighted by Gasteiger charge is -2.16. The average molecular weight is 573 g/mol. The molecular formula is C33H40N4O5. The van der Waals surface area contributed by atoms with E-state index in [2.05, 4.69) is 72.8 Å². The predicted octanol–water partition coefficient (Wildman–Crippen LogP) is 5.73. The molecule has 0 unspecified atom stereocenters. The summed E-state index contributed by atoms with van der Waals surface area (Å²) in [6.45, 7) is 11.9. The number of nitrogens with zero attached hydrogens (tertiary/aromatic N) is 2. The van der Waals surface area contributed by atoms with Crippen LogP contribution >= 0.6 is 0 Å². The number of ether oxygens (including phenoxy) is 2. The second-order valence-electron chi connectivity index (χ2n) is 10.6. The maximum atomic E-state index is 13.1. The van der Waals surface area contributed by atoms with E-state index in [1.165, 1.54) is 37.4 Å². The fraction of sp³-hybridized carbons (Fsp3) is 0.364.